The predicted molar refractivity (Wildman–Crippen MR) is 106 cm³/mol. The van der Waals surface area contributed by atoms with Crippen LogP contribution < -0.4 is 11.2 Å². The Labute approximate surface area is 160 Å². The van der Waals surface area contributed by atoms with Crippen LogP contribution in [0.2, 0.25) is 0 Å². The molecule has 0 amide bonds. The van der Waals surface area contributed by atoms with Crippen molar-refractivity contribution in [2.75, 3.05) is 0 Å². The van der Waals surface area contributed by atoms with Crippen LogP contribution in [0, 0.1) is 12.7 Å². The first-order valence-corrected chi connectivity index (χ1v) is 8.92. The summed E-state index contributed by atoms with van der Waals surface area (Å²) in [6.45, 7) is 2.37. The van der Waals surface area contributed by atoms with Crippen LogP contribution in [0.3, 0.4) is 0 Å². The molecule has 0 bridgehead atoms. The summed E-state index contributed by atoms with van der Waals surface area (Å²) in [5.74, 6) is -0.367. The van der Waals surface area contributed by atoms with Crippen molar-refractivity contribution in [1.29, 1.82) is 0 Å². The fraction of sp³-hybridized carbons (Fsp3) is 0.136. The number of aromatic nitrogens is 3. The average Bonchev–Trinajstić information content (AvgIpc) is 2.71. The van der Waals surface area contributed by atoms with Gasteiger partial charge in [0.15, 0.2) is 5.52 Å². The first-order chi connectivity index (χ1) is 13.5. The Bertz CT molecular complexity index is 1270. The van der Waals surface area contributed by atoms with Crippen LogP contribution in [0.15, 0.2) is 76.4 Å². The molecule has 0 atom stereocenters. The van der Waals surface area contributed by atoms with Crippen molar-refractivity contribution in [3.8, 4) is 0 Å². The molecule has 0 aliphatic carbocycles. The lowest BCUT2D eigenvalue weighted by molar-refractivity contribution is 0.619. The van der Waals surface area contributed by atoms with Crippen LogP contribution in [0.1, 0.15) is 16.7 Å². The van der Waals surface area contributed by atoms with Crippen molar-refractivity contribution in [3.63, 3.8) is 0 Å². The van der Waals surface area contributed by atoms with E-state index in [1.807, 2.05) is 31.2 Å². The third-order valence-corrected chi connectivity index (χ3v) is 4.83. The van der Waals surface area contributed by atoms with Gasteiger partial charge in [0.05, 0.1) is 18.6 Å². The fourth-order valence-corrected chi connectivity index (χ4v) is 3.27. The number of hydrogen-bond donors (Lipinski definition) is 0. The van der Waals surface area contributed by atoms with Gasteiger partial charge in [-0.2, -0.15) is 0 Å². The Morgan fingerprint density at radius 3 is 2.39 bits per heavy atom. The zero-order valence-corrected chi connectivity index (χ0v) is 15.3. The SMILES string of the molecule is Cc1ccccc1Cn1c(=O)n(Cc2ccc(F)cc2)c(=O)c2ncccc21. The summed E-state index contributed by atoms with van der Waals surface area (Å²) in [7, 11) is 0. The Morgan fingerprint density at radius 2 is 1.64 bits per heavy atom. The van der Waals surface area contributed by atoms with Gasteiger partial charge in [0.25, 0.3) is 5.56 Å². The van der Waals surface area contributed by atoms with Gasteiger partial charge in [0.2, 0.25) is 0 Å². The molecule has 0 fully saturated rings. The normalized spacial score (nSPS) is 11.1. The molecule has 4 aromatic rings. The van der Waals surface area contributed by atoms with E-state index in [-0.39, 0.29) is 17.9 Å². The maximum Gasteiger partial charge on any atom is 0.332 e. The Kier molecular flexibility index (Phi) is 4.61. The van der Waals surface area contributed by atoms with E-state index in [4.69, 9.17) is 0 Å². The molecule has 0 radical (unpaired) electrons. The van der Waals surface area contributed by atoms with Gasteiger partial charge in [-0.25, -0.2) is 14.2 Å². The van der Waals surface area contributed by atoms with Crippen molar-refractivity contribution < 1.29 is 4.39 Å². The average molecular weight is 375 g/mol. The van der Waals surface area contributed by atoms with Crippen LogP contribution in [0.25, 0.3) is 11.0 Å². The van der Waals surface area contributed by atoms with E-state index in [1.165, 1.54) is 18.3 Å². The highest BCUT2D eigenvalue weighted by atomic mass is 19.1. The molecule has 0 spiro atoms. The zero-order chi connectivity index (χ0) is 19.7. The van der Waals surface area contributed by atoms with Crippen LogP contribution in [0.5, 0.6) is 0 Å². The summed E-state index contributed by atoms with van der Waals surface area (Å²) in [5.41, 5.74) is 2.57. The molecule has 0 N–H and O–H groups in total. The Hall–Kier alpha value is -3.54. The van der Waals surface area contributed by atoms with Gasteiger partial charge >= 0.3 is 5.69 Å². The van der Waals surface area contributed by atoms with Gasteiger partial charge in [-0.3, -0.25) is 13.9 Å². The van der Waals surface area contributed by atoms with E-state index < -0.39 is 11.2 Å². The molecular formula is C22H18FN3O2. The van der Waals surface area contributed by atoms with Gasteiger partial charge in [0.1, 0.15) is 5.82 Å². The molecule has 0 saturated carbocycles. The monoisotopic (exact) mass is 375 g/mol. The Morgan fingerprint density at radius 1 is 0.893 bits per heavy atom. The summed E-state index contributed by atoms with van der Waals surface area (Å²) < 4.78 is 15.9. The second kappa shape index (κ2) is 7.23. The highest BCUT2D eigenvalue weighted by molar-refractivity contribution is 5.73. The summed E-state index contributed by atoms with van der Waals surface area (Å²) in [6, 6.07) is 17.0. The third-order valence-electron chi connectivity index (χ3n) is 4.83. The van der Waals surface area contributed by atoms with Crippen LogP contribution in [-0.4, -0.2) is 14.1 Å². The van der Waals surface area contributed by atoms with Crippen molar-refractivity contribution >= 4 is 11.0 Å². The van der Waals surface area contributed by atoms with Gasteiger partial charge in [-0.1, -0.05) is 36.4 Å². The molecule has 4 rings (SSSR count). The lowest BCUT2D eigenvalue weighted by Crippen LogP contribution is -2.41. The lowest BCUT2D eigenvalue weighted by atomic mass is 10.1. The fourth-order valence-electron chi connectivity index (χ4n) is 3.27. The lowest BCUT2D eigenvalue weighted by Gasteiger charge is -2.15. The van der Waals surface area contributed by atoms with E-state index in [0.29, 0.717) is 17.6 Å². The molecule has 140 valence electrons. The summed E-state index contributed by atoms with van der Waals surface area (Å²) >= 11 is 0. The molecule has 0 aliphatic heterocycles. The van der Waals surface area contributed by atoms with E-state index >= 15 is 0 Å². The number of halogens is 1. The predicted octanol–water partition coefficient (Wildman–Crippen LogP) is 3.10. The van der Waals surface area contributed by atoms with Crippen molar-refractivity contribution in [3.05, 3.63) is 110 Å². The highest BCUT2D eigenvalue weighted by Gasteiger charge is 2.15. The molecule has 6 heteroatoms. The smallest absolute Gasteiger partial charge is 0.287 e. The standard InChI is InChI=1S/C22H18FN3O2/c1-15-5-2-3-6-17(15)14-25-19-7-4-12-24-20(19)21(27)26(22(25)28)13-16-8-10-18(23)11-9-16/h2-12H,13-14H2,1H3. The molecule has 0 unspecified atom stereocenters. The van der Waals surface area contributed by atoms with Crippen LogP contribution >= 0.6 is 0 Å². The second-order valence-electron chi connectivity index (χ2n) is 6.68. The molecule has 28 heavy (non-hydrogen) atoms. The van der Waals surface area contributed by atoms with Gasteiger partial charge in [0, 0.05) is 6.20 Å². The first kappa shape index (κ1) is 17.9. The molecule has 2 heterocycles. The molecule has 0 saturated heterocycles. The number of fused-ring (bicyclic) bond motifs is 1. The minimum atomic E-state index is -0.453. The van der Waals surface area contributed by atoms with Crippen molar-refractivity contribution in [2.45, 2.75) is 20.0 Å². The number of pyridine rings is 1. The highest BCUT2D eigenvalue weighted by Crippen LogP contribution is 2.12. The number of rotatable bonds is 4. The van der Waals surface area contributed by atoms with E-state index in [0.717, 1.165) is 15.7 Å². The van der Waals surface area contributed by atoms with E-state index in [1.54, 1.807) is 28.8 Å². The third kappa shape index (κ3) is 3.24. The number of benzene rings is 2. The van der Waals surface area contributed by atoms with E-state index in [9.17, 15) is 14.0 Å². The maximum absolute atomic E-state index is 13.2. The zero-order valence-electron chi connectivity index (χ0n) is 15.3. The topological polar surface area (TPSA) is 56.9 Å². The number of hydrogen-bond acceptors (Lipinski definition) is 3. The molecule has 5 nitrogen and oxygen atoms in total. The molecule has 2 aromatic heterocycles. The second-order valence-corrected chi connectivity index (χ2v) is 6.68. The van der Waals surface area contributed by atoms with Gasteiger partial charge < -0.3 is 0 Å². The van der Waals surface area contributed by atoms with Crippen molar-refractivity contribution in [1.82, 2.24) is 14.1 Å². The molecular weight excluding hydrogens is 357 g/mol. The first-order valence-electron chi connectivity index (χ1n) is 8.92. The summed E-state index contributed by atoms with van der Waals surface area (Å²) in [6.07, 6.45) is 1.54. The number of nitrogens with zero attached hydrogens (tertiary/aromatic N) is 3. The molecule has 0 aliphatic rings. The number of aryl methyl sites for hydroxylation is 1. The minimum absolute atomic E-state index is 0.0538. The van der Waals surface area contributed by atoms with E-state index in [2.05, 4.69) is 4.98 Å². The quantitative estimate of drug-likeness (QED) is 0.551. The Balaban J connectivity index is 1.91. The van der Waals surface area contributed by atoms with Gasteiger partial charge in [-0.05, 0) is 47.9 Å². The largest absolute Gasteiger partial charge is 0.332 e. The van der Waals surface area contributed by atoms with Crippen molar-refractivity contribution in [2.24, 2.45) is 0 Å². The molecule has 2 aromatic carbocycles. The minimum Gasteiger partial charge on any atom is -0.287 e. The summed E-state index contributed by atoms with van der Waals surface area (Å²) in [4.78, 5) is 30.3. The summed E-state index contributed by atoms with van der Waals surface area (Å²) in [5, 5.41) is 0. The van der Waals surface area contributed by atoms with Crippen LogP contribution in [0.4, 0.5) is 4.39 Å². The maximum atomic E-state index is 13.2. The van der Waals surface area contributed by atoms with Crippen LogP contribution in [-0.2, 0) is 13.1 Å². The van der Waals surface area contributed by atoms with Gasteiger partial charge in [-0.15, -0.1) is 0 Å².